The second kappa shape index (κ2) is 4.72. The lowest BCUT2D eigenvalue weighted by Gasteiger charge is -2.04. The molecule has 0 aliphatic carbocycles. The van der Waals surface area contributed by atoms with Crippen LogP contribution in [0.2, 0.25) is 0 Å². The van der Waals surface area contributed by atoms with Gasteiger partial charge >= 0.3 is 0 Å². The van der Waals surface area contributed by atoms with Gasteiger partial charge in [-0.1, -0.05) is 60.7 Å². The molecule has 1 aliphatic rings. The molecule has 0 amide bonds. The first kappa shape index (κ1) is 10.5. The third kappa shape index (κ3) is 2.56. The van der Waals surface area contributed by atoms with Crippen LogP contribution in [0, 0.1) is 0 Å². The zero-order valence-corrected chi connectivity index (χ0v) is 9.92. The molecule has 17 heavy (non-hydrogen) atoms. The normalized spacial score (nSPS) is 22.4. The monoisotopic (exact) mass is 223 g/mol. The maximum Gasteiger partial charge on any atom is 0.0476 e. The van der Waals surface area contributed by atoms with Gasteiger partial charge in [-0.25, -0.2) is 0 Å². The Hall–Kier alpha value is -1.60. The van der Waals surface area contributed by atoms with Crippen LogP contribution >= 0.6 is 0 Å². The van der Waals surface area contributed by atoms with E-state index in [1.807, 2.05) is 0 Å². The minimum atomic E-state index is 0.667. The van der Waals surface area contributed by atoms with E-state index in [-0.39, 0.29) is 0 Å². The molecule has 1 nitrogen and oxygen atoms in total. The standard InChI is InChI=1S/C16H17N/c1-3-7-14(8-4-1)11-12-17-13-16(17)15-9-5-2-6-10-15/h1-10,16H,11-13H2/t16-,17?/m0/s1. The summed E-state index contributed by atoms with van der Waals surface area (Å²) in [6.45, 7) is 2.39. The molecule has 0 aromatic heterocycles. The lowest BCUT2D eigenvalue weighted by Crippen LogP contribution is -2.04. The molecular formula is C16H17N. The summed E-state index contributed by atoms with van der Waals surface area (Å²) in [5.74, 6) is 0. The lowest BCUT2D eigenvalue weighted by atomic mass is 10.1. The van der Waals surface area contributed by atoms with Crippen molar-refractivity contribution in [3.8, 4) is 0 Å². The van der Waals surface area contributed by atoms with Gasteiger partial charge in [-0.05, 0) is 17.5 Å². The molecule has 0 radical (unpaired) electrons. The van der Waals surface area contributed by atoms with Gasteiger partial charge in [-0.3, -0.25) is 4.90 Å². The molecule has 0 spiro atoms. The first-order valence-corrected chi connectivity index (χ1v) is 6.26. The molecular weight excluding hydrogens is 206 g/mol. The number of hydrogen-bond donors (Lipinski definition) is 0. The fourth-order valence-electron chi connectivity index (χ4n) is 2.33. The predicted octanol–water partition coefficient (Wildman–Crippen LogP) is 3.29. The van der Waals surface area contributed by atoms with Crippen molar-refractivity contribution in [3.63, 3.8) is 0 Å². The number of benzene rings is 2. The van der Waals surface area contributed by atoms with E-state index in [4.69, 9.17) is 0 Å². The second-order valence-electron chi connectivity index (χ2n) is 4.66. The lowest BCUT2D eigenvalue weighted by molar-refractivity contribution is 0.516. The minimum absolute atomic E-state index is 0.667. The molecule has 3 rings (SSSR count). The summed E-state index contributed by atoms with van der Waals surface area (Å²) in [5, 5.41) is 0. The van der Waals surface area contributed by atoms with E-state index in [1.54, 1.807) is 0 Å². The third-order valence-corrected chi connectivity index (χ3v) is 3.43. The van der Waals surface area contributed by atoms with Crippen molar-refractivity contribution in [2.75, 3.05) is 13.1 Å². The summed E-state index contributed by atoms with van der Waals surface area (Å²) in [4.78, 5) is 2.53. The third-order valence-electron chi connectivity index (χ3n) is 3.43. The number of hydrogen-bond acceptors (Lipinski definition) is 1. The van der Waals surface area contributed by atoms with Crippen LogP contribution in [0.15, 0.2) is 60.7 Å². The zero-order valence-electron chi connectivity index (χ0n) is 9.92. The second-order valence-corrected chi connectivity index (χ2v) is 4.66. The number of nitrogens with zero attached hydrogens (tertiary/aromatic N) is 1. The van der Waals surface area contributed by atoms with Gasteiger partial charge in [0, 0.05) is 19.1 Å². The predicted molar refractivity (Wildman–Crippen MR) is 70.9 cm³/mol. The first-order valence-electron chi connectivity index (χ1n) is 6.26. The van der Waals surface area contributed by atoms with Crippen molar-refractivity contribution >= 4 is 0 Å². The van der Waals surface area contributed by atoms with E-state index >= 15 is 0 Å². The van der Waals surface area contributed by atoms with Crippen molar-refractivity contribution in [1.82, 2.24) is 4.90 Å². The Balaban J connectivity index is 1.53. The van der Waals surface area contributed by atoms with Gasteiger partial charge < -0.3 is 0 Å². The van der Waals surface area contributed by atoms with Crippen LogP contribution in [-0.4, -0.2) is 18.0 Å². The van der Waals surface area contributed by atoms with E-state index in [0.717, 1.165) is 6.42 Å². The topological polar surface area (TPSA) is 3.01 Å². The van der Waals surface area contributed by atoms with Crippen LogP contribution in [0.5, 0.6) is 0 Å². The fraction of sp³-hybridized carbons (Fsp3) is 0.250. The van der Waals surface area contributed by atoms with E-state index in [0.29, 0.717) is 6.04 Å². The van der Waals surface area contributed by atoms with Gasteiger partial charge in [0.05, 0.1) is 0 Å². The molecule has 2 atom stereocenters. The van der Waals surface area contributed by atoms with E-state index in [9.17, 15) is 0 Å². The SMILES string of the molecule is c1ccc(CCN2C[C@H]2c2ccccc2)cc1. The minimum Gasteiger partial charge on any atom is -0.293 e. The maximum atomic E-state index is 2.53. The molecule has 0 saturated carbocycles. The van der Waals surface area contributed by atoms with Gasteiger partial charge in [-0.2, -0.15) is 0 Å². The molecule has 2 aromatic rings. The zero-order chi connectivity index (χ0) is 11.5. The average Bonchev–Trinajstić information content (AvgIpc) is 3.18. The highest BCUT2D eigenvalue weighted by Crippen LogP contribution is 2.34. The van der Waals surface area contributed by atoms with Crippen molar-refractivity contribution in [2.24, 2.45) is 0 Å². The summed E-state index contributed by atoms with van der Waals surface area (Å²) in [6.07, 6.45) is 1.16. The van der Waals surface area contributed by atoms with Gasteiger partial charge in [0.2, 0.25) is 0 Å². The molecule has 1 fully saturated rings. The van der Waals surface area contributed by atoms with Crippen LogP contribution in [-0.2, 0) is 6.42 Å². The summed E-state index contributed by atoms with van der Waals surface area (Å²) in [5.41, 5.74) is 2.90. The quantitative estimate of drug-likeness (QED) is 0.719. The molecule has 1 heterocycles. The van der Waals surface area contributed by atoms with E-state index in [2.05, 4.69) is 65.6 Å². The highest BCUT2D eigenvalue weighted by atomic mass is 15.3. The van der Waals surface area contributed by atoms with Crippen molar-refractivity contribution in [3.05, 3.63) is 71.8 Å². The van der Waals surface area contributed by atoms with E-state index in [1.165, 1.54) is 24.2 Å². The van der Waals surface area contributed by atoms with Crippen LogP contribution in [0.1, 0.15) is 17.2 Å². The van der Waals surface area contributed by atoms with Crippen LogP contribution in [0.4, 0.5) is 0 Å². The Morgan fingerprint density at radius 1 is 0.882 bits per heavy atom. The molecule has 1 unspecified atom stereocenters. The number of rotatable bonds is 4. The van der Waals surface area contributed by atoms with Crippen molar-refractivity contribution in [1.29, 1.82) is 0 Å². The van der Waals surface area contributed by atoms with E-state index < -0.39 is 0 Å². The Morgan fingerprint density at radius 3 is 2.24 bits per heavy atom. The van der Waals surface area contributed by atoms with Crippen LogP contribution in [0.3, 0.4) is 0 Å². The molecule has 1 heteroatoms. The van der Waals surface area contributed by atoms with Crippen molar-refractivity contribution in [2.45, 2.75) is 12.5 Å². The molecule has 0 N–H and O–H groups in total. The Kier molecular flexibility index (Phi) is 2.93. The highest BCUT2D eigenvalue weighted by molar-refractivity contribution is 5.24. The Morgan fingerprint density at radius 2 is 1.53 bits per heavy atom. The summed E-state index contributed by atoms with van der Waals surface area (Å²) < 4.78 is 0. The first-order chi connectivity index (χ1) is 8.43. The maximum absolute atomic E-state index is 2.53. The van der Waals surface area contributed by atoms with Crippen LogP contribution in [0.25, 0.3) is 0 Å². The molecule has 0 bridgehead atoms. The Bertz CT molecular complexity index is 463. The molecule has 1 saturated heterocycles. The highest BCUT2D eigenvalue weighted by Gasteiger charge is 2.34. The van der Waals surface area contributed by atoms with Crippen LogP contribution < -0.4 is 0 Å². The fourth-order valence-corrected chi connectivity index (χ4v) is 2.33. The summed E-state index contributed by atoms with van der Waals surface area (Å²) in [6, 6.07) is 22.2. The largest absolute Gasteiger partial charge is 0.293 e. The Labute approximate surface area is 103 Å². The summed E-state index contributed by atoms with van der Waals surface area (Å²) >= 11 is 0. The average molecular weight is 223 g/mol. The van der Waals surface area contributed by atoms with Gasteiger partial charge in [0.25, 0.3) is 0 Å². The molecule has 86 valence electrons. The van der Waals surface area contributed by atoms with Gasteiger partial charge in [0.15, 0.2) is 0 Å². The van der Waals surface area contributed by atoms with Gasteiger partial charge in [0.1, 0.15) is 0 Å². The molecule has 1 aliphatic heterocycles. The van der Waals surface area contributed by atoms with Gasteiger partial charge in [-0.15, -0.1) is 0 Å². The summed E-state index contributed by atoms with van der Waals surface area (Å²) in [7, 11) is 0. The smallest absolute Gasteiger partial charge is 0.0476 e. The molecule has 2 aromatic carbocycles. The van der Waals surface area contributed by atoms with Crippen molar-refractivity contribution < 1.29 is 0 Å².